The summed E-state index contributed by atoms with van der Waals surface area (Å²) in [5, 5.41) is 11.5. The molecule has 1 fully saturated rings. The number of carbonyl (C=O) groups is 1. The SMILES string of the molecule is CC(C(=O)NCc1ccco1)N1CCN(CC#N)CC1. The topological polar surface area (TPSA) is 72.5 Å². The van der Waals surface area contributed by atoms with Crippen molar-refractivity contribution in [2.45, 2.75) is 19.5 Å². The van der Waals surface area contributed by atoms with Gasteiger partial charge in [-0.25, -0.2) is 0 Å². The van der Waals surface area contributed by atoms with Gasteiger partial charge in [0.05, 0.1) is 31.5 Å². The number of hydrogen-bond acceptors (Lipinski definition) is 5. The summed E-state index contributed by atoms with van der Waals surface area (Å²) >= 11 is 0. The second-order valence-corrected chi connectivity index (χ2v) is 4.94. The van der Waals surface area contributed by atoms with Crippen molar-refractivity contribution < 1.29 is 9.21 Å². The maximum absolute atomic E-state index is 12.1. The smallest absolute Gasteiger partial charge is 0.237 e. The van der Waals surface area contributed by atoms with Gasteiger partial charge in [0.1, 0.15) is 5.76 Å². The molecule has 1 aliphatic rings. The van der Waals surface area contributed by atoms with Crippen molar-refractivity contribution in [1.29, 1.82) is 5.26 Å². The molecule has 0 bridgehead atoms. The normalized spacial score (nSPS) is 18.4. The molecule has 6 nitrogen and oxygen atoms in total. The quantitative estimate of drug-likeness (QED) is 0.789. The van der Waals surface area contributed by atoms with E-state index in [1.165, 1.54) is 0 Å². The third kappa shape index (κ3) is 3.83. The molecule has 2 rings (SSSR count). The fourth-order valence-electron chi connectivity index (χ4n) is 2.31. The number of furan rings is 1. The molecule has 20 heavy (non-hydrogen) atoms. The first kappa shape index (κ1) is 14.6. The monoisotopic (exact) mass is 276 g/mol. The molecule has 0 aromatic carbocycles. The van der Waals surface area contributed by atoms with Crippen molar-refractivity contribution in [2.75, 3.05) is 32.7 Å². The van der Waals surface area contributed by atoms with E-state index in [0.29, 0.717) is 13.1 Å². The van der Waals surface area contributed by atoms with Crippen molar-refractivity contribution >= 4 is 5.91 Å². The molecule has 1 amide bonds. The highest BCUT2D eigenvalue weighted by Crippen LogP contribution is 2.07. The molecular formula is C14H20N4O2. The van der Waals surface area contributed by atoms with E-state index in [0.717, 1.165) is 31.9 Å². The first-order chi connectivity index (χ1) is 9.70. The Morgan fingerprint density at radius 3 is 2.85 bits per heavy atom. The lowest BCUT2D eigenvalue weighted by atomic mass is 10.2. The van der Waals surface area contributed by atoms with Crippen molar-refractivity contribution in [1.82, 2.24) is 15.1 Å². The molecule has 1 saturated heterocycles. The predicted octanol–water partition coefficient (Wildman–Crippen LogP) is 0.425. The Labute approximate surface area is 118 Å². The number of nitrogens with one attached hydrogen (secondary N) is 1. The van der Waals surface area contributed by atoms with Crippen molar-refractivity contribution in [3.8, 4) is 6.07 Å². The van der Waals surface area contributed by atoms with E-state index in [1.54, 1.807) is 12.3 Å². The predicted molar refractivity (Wildman–Crippen MR) is 73.6 cm³/mol. The van der Waals surface area contributed by atoms with Gasteiger partial charge in [-0.15, -0.1) is 0 Å². The minimum atomic E-state index is -0.158. The summed E-state index contributed by atoms with van der Waals surface area (Å²) < 4.78 is 5.18. The van der Waals surface area contributed by atoms with Crippen molar-refractivity contribution in [3.05, 3.63) is 24.2 Å². The van der Waals surface area contributed by atoms with Gasteiger partial charge in [-0.05, 0) is 19.1 Å². The first-order valence-corrected chi connectivity index (χ1v) is 6.84. The molecule has 6 heteroatoms. The third-order valence-electron chi connectivity index (χ3n) is 3.65. The van der Waals surface area contributed by atoms with Gasteiger partial charge in [0.15, 0.2) is 0 Å². The molecule has 0 aliphatic carbocycles. The number of piperazine rings is 1. The van der Waals surface area contributed by atoms with Crippen LogP contribution in [-0.4, -0.2) is 54.5 Å². The van der Waals surface area contributed by atoms with Gasteiger partial charge in [-0.2, -0.15) is 5.26 Å². The Hall–Kier alpha value is -1.84. The highest BCUT2D eigenvalue weighted by molar-refractivity contribution is 5.81. The summed E-state index contributed by atoms with van der Waals surface area (Å²) in [6, 6.07) is 5.64. The second-order valence-electron chi connectivity index (χ2n) is 4.94. The van der Waals surface area contributed by atoms with Crippen LogP contribution < -0.4 is 5.32 Å². The van der Waals surface area contributed by atoms with Gasteiger partial charge >= 0.3 is 0 Å². The number of amides is 1. The molecule has 1 aromatic heterocycles. The van der Waals surface area contributed by atoms with E-state index >= 15 is 0 Å². The highest BCUT2D eigenvalue weighted by atomic mass is 16.3. The summed E-state index contributed by atoms with van der Waals surface area (Å²) in [6.07, 6.45) is 1.60. The molecule has 1 aromatic rings. The van der Waals surface area contributed by atoms with Crippen LogP contribution in [0.5, 0.6) is 0 Å². The summed E-state index contributed by atoms with van der Waals surface area (Å²) in [5.41, 5.74) is 0. The van der Waals surface area contributed by atoms with E-state index in [9.17, 15) is 4.79 Å². The van der Waals surface area contributed by atoms with Crippen LogP contribution in [0.1, 0.15) is 12.7 Å². The maximum Gasteiger partial charge on any atom is 0.237 e. The summed E-state index contributed by atoms with van der Waals surface area (Å²) in [7, 11) is 0. The van der Waals surface area contributed by atoms with Gasteiger partial charge in [0.25, 0.3) is 0 Å². The van der Waals surface area contributed by atoms with Crippen LogP contribution in [0.15, 0.2) is 22.8 Å². The van der Waals surface area contributed by atoms with E-state index < -0.39 is 0 Å². The Morgan fingerprint density at radius 1 is 1.50 bits per heavy atom. The second kappa shape index (κ2) is 7.08. The molecule has 1 unspecified atom stereocenters. The standard InChI is InChI=1S/C14H20N4O2/c1-12(14(19)16-11-13-3-2-10-20-13)18-8-6-17(5-4-15)7-9-18/h2-3,10,12H,5-9,11H2,1H3,(H,16,19). The fourth-order valence-corrected chi connectivity index (χ4v) is 2.31. The number of hydrogen-bond donors (Lipinski definition) is 1. The van der Waals surface area contributed by atoms with E-state index in [2.05, 4.69) is 21.2 Å². The molecule has 1 atom stereocenters. The molecule has 1 aliphatic heterocycles. The third-order valence-corrected chi connectivity index (χ3v) is 3.65. The van der Waals surface area contributed by atoms with Crippen LogP contribution in [-0.2, 0) is 11.3 Å². The van der Waals surface area contributed by atoms with E-state index in [1.807, 2.05) is 13.0 Å². The molecule has 0 saturated carbocycles. The minimum absolute atomic E-state index is 0.00938. The van der Waals surface area contributed by atoms with Crippen LogP contribution >= 0.6 is 0 Å². The number of rotatable bonds is 5. The minimum Gasteiger partial charge on any atom is -0.467 e. The zero-order valence-corrected chi connectivity index (χ0v) is 11.7. The van der Waals surface area contributed by atoms with Gasteiger partial charge in [0, 0.05) is 26.2 Å². The Balaban J connectivity index is 1.75. The van der Waals surface area contributed by atoms with E-state index in [-0.39, 0.29) is 11.9 Å². The van der Waals surface area contributed by atoms with Gasteiger partial charge in [-0.3, -0.25) is 14.6 Å². The molecular weight excluding hydrogens is 256 g/mol. The molecule has 108 valence electrons. The first-order valence-electron chi connectivity index (χ1n) is 6.84. The number of nitriles is 1. The maximum atomic E-state index is 12.1. The van der Waals surface area contributed by atoms with E-state index in [4.69, 9.17) is 9.68 Å². The Kier molecular flexibility index (Phi) is 5.16. The molecule has 0 spiro atoms. The van der Waals surface area contributed by atoms with Crippen LogP contribution in [0.25, 0.3) is 0 Å². The Bertz CT molecular complexity index is 458. The lowest BCUT2D eigenvalue weighted by Crippen LogP contribution is -2.53. The van der Waals surface area contributed by atoms with Crippen LogP contribution in [0.2, 0.25) is 0 Å². The molecule has 0 radical (unpaired) electrons. The summed E-state index contributed by atoms with van der Waals surface area (Å²) in [4.78, 5) is 16.3. The van der Waals surface area contributed by atoms with Crippen molar-refractivity contribution in [2.24, 2.45) is 0 Å². The summed E-state index contributed by atoms with van der Waals surface area (Å²) in [6.45, 7) is 6.11. The largest absolute Gasteiger partial charge is 0.467 e. The lowest BCUT2D eigenvalue weighted by Gasteiger charge is -2.36. The number of carbonyl (C=O) groups excluding carboxylic acids is 1. The van der Waals surface area contributed by atoms with Gasteiger partial charge in [0.2, 0.25) is 5.91 Å². The summed E-state index contributed by atoms with van der Waals surface area (Å²) in [5.74, 6) is 0.763. The average molecular weight is 276 g/mol. The van der Waals surface area contributed by atoms with Crippen molar-refractivity contribution in [3.63, 3.8) is 0 Å². The lowest BCUT2D eigenvalue weighted by molar-refractivity contribution is -0.126. The zero-order chi connectivity index (χ0) is 14.4. The van der Waals surface area contributed by atoms with Crippen LogP contribution in [0.4, 0.5) is 0 Å². The average Bonchev–Trinajstić information content (AvgIpc) is 2.98. The molecule has 1 N–H and O–H groups in total. The fraction of sp³-hybridized carbons (Fsp3) is 0.571. The van der Waals surface area contributed by atoms with Gasteiger partial charge < -0.3 is 9.73 Å². The zero-order valence-electron chi connectivity index (χ0n) is 11.7. The number of nitrogens with zero attached hydrogens (tertiary/aromatic N) is 3. The van der Waals surface area contributed by atoms with Gasteiger partial charge in [-0.1, -0.05) is 0 Å². The van der Waals surface area contributed by atoms with Crippen LogP contribution in [0, 0.1) is 11.3 Å². The Morgan fingerprint density at radius 2 is 2.25 bits per heavy atom. The highest BCUT2D eigenvalue weighted by Gasteiger charge is 2.25. The van der Waals surface area contributed by atoms with Crippen LogP contribution in [0.3, 0.4) is 0 Å². The molecule has 2 heterocycles.